The van der Waals surface area contributed by atoms with Crippen molar-refractivity contribution in [3.05, 3.63) is 63.7 Å². The van der Waals surface area contributed by atoms with Crippen molar-refractivity contribution in [3.63, 3.8) is 0 Å². The number of hydrogen-bond donors (Lipinski definition) is 2. The molecule has 0 unspecified atom stereocenters. The molecule has 3 nitrogen and oxygen atoms in total. The number of amides is 1. The predicted octanol–water partition coefficient (Wildman–Crippen LogP) is 4.39. The van der Waals surface area contributed by atoms with Crippen LogP contribution in [0.3, 0.4) is 0 Å². The molecule has 0 aliphatic rings. The van der Waals surface area contributed by atoms with Crippen LogP contribution < -0.4 is 10.6 Å². The van der Waals surface area contributed by atoms with Gasteiger partial charge in [0, 0.05) is 16.3 Å². The maximum absolute atomic E-state index is 12.2. The quantitative estimate of drug-likeness (QED) is 0.801. The number of anilines is 1. The summed E-state index contributed by atoms with van der Waals surface area (Å²) in [6.45, 7) is 5.86. The van der Waals surface area contributed by atoms with Gasteiger partial charge in [0.2, 0.25) is 0 Å². The van der Waals surface area contributed by atoms with E-state index < -0.39 is 0 Å². The van der Waals surface area contributed by atoms with E-state index in [1.165, 1.54) is 0 Å². The molecule has 0 fully saturated rings. The Hall–Kier alpha value is -1.91. The lowest BCUT2D eigenvalue weighted by molar-refractivity contribution is 0.0977. The van der Waals surface area contributed by atoms with Gasteiger partial charge in [-0.3, -0.25) is 10.1 Å². The van der Waals surface area contributed by atoms with E-state index in [0.29, 0.717) is 10.6 Å². The fourth-order valence-corrected chi connectivity index (χ4v) is 2.33. The molecule has 0 aliphatic carbocycles. The highest BCUT2D eigenvalue weighted by molar-refractivity contribution is 7.80. The van der Waals surface area contributed by atoms with E-state index in [1.54, 1.807) is 12.1 Å². The number of rotatable bonds is 2. The van der Waals surface area contributed by atoms with E-state index in [4.69, 9.17) is 23.8 Å². The zero-order valence-electron chi connectivity index (χ0n) is 12.7. The van der Waals surface area contributed by atoms with Gasteiger partial charge in [0.05, 0.1) is 0 Å². The second-order valence-corrected chi connectivity index (χ2v) is 5.94. The summed E-state index contributed by atoms with van der Waals surface area (Å²) in [4.78, 5) is 12.2. The van der Waals surface area contributed by atoms with E-state index in [9.17, 15) is 4.79 Å². The lowest BCUT2D eigenvalue weighted by atomic mass is 10.1. The van der Waals surface area contributed by atoms with Gasteiger partial charge in [0.25, 0.3) is 5.91 Å². The molecule has 22 heavy (non-hydrogen) atoms. The number of nitrogens with one attached hydrogen (secondary N) is 2. The van der Waals surface area contributed by atoms with E-state index in [-0.39, 0.29) is 11.0 Å². The summed E-state index contributed by atoms with van der Waals surface area (Å²) in [6, 6.07) is 11.0. The lowest BCUT2D eigenvalue weighted by Crippen LogP contribution is -2.34. The molecule has 0 atom stereocenters. The average Bonchev–Trinajstić information content (AvgIpc) is 2.46. The molecule has 2 aromatic rings. The smallest absolute Gasteiger partial charge is 0.257 e. The van der Waals surface area contributed by atoms with Gasteiger partial charge in [-0.05, 0) is 73.9 Å². The van der Waals surface area contributed by atoms with Crippen LogP contribution in [0.25, 0.3) is 0 Å². The molecule has 0 heterocycles. The fraction of sp³-hybridized carbons (Fsp3) is 0.176. The first kappa shape index (κ1) is 16.5. The van der Waals surface area contributed by atoms with E-state index in [0.717, 1.165) is 22.4 Å². The van der Waals surface area contributed by atoms with Gasteiger partial charge in [0.15, 0.2) is 5.11 Å². The number of thiocarbonyl (C=S) groups is 1. The van der Waals surface area contributed by atoms with Crippen LogP contribution in [-0.2, 0) is 0 Å². The molecule has 2 aromatic carbocycles. The zero-order valence-corrected chi connectivity index (χ0v) is 14.2. The van der Waals surface area contributed by atoms with Gasteiger partial charge < -0.3 is 5.32 Å². The summed E-state index contributed by atoms with van der Waals surface area (Å²) in [5.41, 5.74) is 4.45. The predicted molar refractivity (Wildman–Crippen MR) is 95.8 cm³/mol. The van der Waals surface area contributed by atoms with E-state index in [2.05, 4.69) is 10.6 Å². The van der Waals surface area contributed by atoms with Crippen molar-refractivity contribution in [3.8, 4) is 0 Å². The van der Waals surface area contributed by atoms with Crippen molar-refractivity contribution in [1.29, 1.82) is 0 Å². The average molecular weight is 333 g/mol. The molecule has 0 aliphatic heterocycles. The third-order valence-corrected chi connectivity index (χ3v) is 4.13. The molecule has 0 bridgehead atoms. The van der Waals surface area contributed by atoms with Crippen LogP contribution in [0.4, 0.5) is 5.69 Å². The highest BCUT2D eigenvalue weighted by Gasteiger charge is 2.10. The van der Waals surface area contributed by atoms with Crippen LogP contribution in [-0.4, -0.2) is 11.0 Å². The van der Waals surface area contributed by atoms with Crippen LogP contribution in [0.5, 0.6) is 0 Å². The first-order chi connectivity index (χ1) is 10.4. The second kappa shape index (κ2) is 6.90. The van der Waals surface area contributed by atoms with Crippen molar-refractivity contribution in [2.24, 2.45) is 0 Å². The maximum Gasteiger partial charge on any atom is 0.257 e. The molecule has 2 N–H and O–H groups in total. The third-order valence-electron chi connectivity index (χ3n) is 3.51. The van der Waals surface area contributed by atoms with E-state index in [1.807, 2.05) is 45.0 Å². The second-order valence-electron chi connectivity index (χ2n) is 5.12. The van der Waals surface area contributed by atoms with Crippen LogP contribution in [0.2, 0.25) is 5.02 Å². The van der Waals surface area contributed by atoms with E-state index >= 15 is 0 Å². The van der Waals surface area contributed by atoms with Crippen LogP contribution >= 0.6 is 23.8 Å². The summed E-state index contributed by atoms with van der Waals surface area (Å²) < 4.78 is 0. The van der Waals surface area contributed by atoms with Crippen molar-refractivity contribution < 1.29 is 4.79 Å². The molecule has 1 amide bonds. The van der Waals surface area contributed by atoms with Crippen molar-refractivity contribution >= 4 is 40.5 Å². The minimum Gasteiger partial charge on any atom is -0.332 e. The number of hydrogen-bond acceptors (Lipinski definition) is 2. The Morgan fingerprint density at radius 1 is 1.09 bits per heavy atom. The van der Waals surface area contributed by atoms with Crippen LogP contribution in [0.1, 0.15) is 27.0 Å². The molecule has 0 radical (unpaired) electrons. The largest absolute Gasteiger partial charge is 0.332 e. The Kier molecular flexibility index (Phi) is 5.16. The van der Waals surface area contributed by atoms with Gasteiger partial charge in [-0.1, -0.05) is 23.7 Å². The highest BCUT2D eigenvalue weighted by atomic mass is 35.5. The molecular weight excluding hydrogens is 316 g/mol. The highest BCUT2D eigenvalue weighted by Crippen LogP contribution is 2.22. The van der Waals surface area contributed by atoms with Crippen LogP contribution in [0, 0.1) is 20.8 Å². The molecule has 0 spiro atoms. The van der Waals surface area contributed by atoms with Gasteiger partial charge in [-0.25, -0.2) is 0 Å². The van der Waals surface area contributed by atoms with Gasteiger partial charge >= 0.3 is 0 Å². The number of halogens is 1. The maximum atomic E-state index is 12.2. The molecule has 114 valence electrons. The first-order valence-electron chi connectivity index (χ1n) is 6.83. The first-order valence-corrected chi connectivity index (χ1v) is 7.62. The number of carbonyl (C=O) groups is 1. The Balaban J connectivity index is 2.07. The summed E-state index contributed by atoms with van der Waals surface area (Å²) in [7, 11) is 0. The number of aryl methyl sites for hydroxylation is 2. The number of carbonyl (C=O) groups excluding carboxylic acids is 1. The lowest BCUT2D eigenvalue weighted by Gasteiger charge is -2.13. The molecule has 0 saturated heterocycles. The normalized spacial score (nSPS) is 10.2. The van der Waals surface area contributed by atoms with Crippen molar-refractivity contribution in [2.45, 2.75) is 20.8 Å². The monoisotopic (exact) mass is 332 g/mol. The Labute approximate surface area is 140 Å². The Bertz CT molecular complexity index is 743. The van der Waals surface area contributed by atoms with Gasteiger partial charge in [-0.15, -0.1) is 0 Å². The Morgan fingerprint density at radius 3 is 2.50 bits per heavy atom. The molecule has 0 aromatic heterocycles. The molecule has 0 saturated carbocycles. The number of benzene rings is 2. The van der Waals surface area contributed by atoms with Gasteiger partial charge in [0.1, 0.15) is 0 Å². The standard InChI is InChI=1S/C17H17ClN2OS/c1-10-7-8-13(9-11(10)2)16(21)20-17(22)19-15-6-4-5-14(18)12(15)3/h4-9H,1-3H3,(H2,19,20,21,22). The molecule has 5 heteroatoms. The topological polar surface area (TPSA) is 41.1 Å². The minimum atomic E-state index is -0.236. The summed E-state index contributed by atoms with van der Waals surface area (Å²) >= 11 is 11.2. The Morgan fingerprint density at radius 2 is 1.82 bits per heavy atom. The van der Waals surface area contributed by atoms with Crippen LogP contribution in [0.15, 0.2) is 36.4 Å². The summed E-state index contributed by atoms with van der Waals surface area (Å²) in [5, 5.41) is 6.56. The fourth-order valence-electron chi connectivity index (χ4n) is 1.95. The van der Waals surface area contributed by atoms with Crippen molar-refractivity contribution in [2.75, 3.05) is 5.32 Å². The summed E-state index contributed by atoms with van der Waals surface area (Å²) in [6.07, 6.45) is 0. The third kappa shape index (κ3) is 3.84. The van der Waals surface area contributed by atoms with Crippen molar-refractivity contribution in [1.82, 2.24) is 5.32 Å². The summed E-state index contributed by atoms with van der Waals surface area (Å²) in [5.74, 6) is -0.236. The minimum absolute atomic E-state index is 0.236. The zero-order chi connectivity index (χ0) is 16.3. The van der Waals surface area contributed by atoms with Gasteiger partial charge in [-0.2, -0.15) is 0 Å². The molecule has 2 rings (SSSR count). The SMILES string of the molecule is Cc1ccc(C(=O)NC(=S)Nc2cccc(Cl)c2C)cc1C. The molecular formula is C17H17ClN2OS.